The van der Waals surface area contributed by atoms with Crippen LogP contribution in [-0.4, -0.2) is 74.6 Å². The lowest BCUT2D eigenvalue weighted by Gasteiger charge is -2.58. The van der Waals surface area contributed by atoms with E-state index in [2.05, 4.69) is 30.6 Å². The zero-order valence-corrected chi connectivity index (χ0v) is 24.6. The van der Waals surface area contributed by atoms with Crippen molar-refractivity contribution in [3.63, 3.8) is 0 Å². The van der Waals surface area contributed by atoms with Crippen LogP contribution < -0.4 is 0 Å². The maximum absolute atomic E-state index is 13.2. The van der Waals surface area contributed by atoms with Gasteiger partial charge in [-0.25, -0.2) is 0 Å². The summed E-state index contributed by atoms with van der Waals surface area (Å²) in [7, 11) is 0. The summed E-state index contributed by atoms with van der Waals surface area (Å²) in [5.74, 6) is 2.57. The second-order valence-electron chi connectivity index (χ2n) is 14.1. The summed E-state index contributed by atoms with van der Waals surface area (Å²) in [6.45, 7) is 13.9. The average molecular weight is 521 g/mol. The molecule has 4 aliphatic rings. The lowest BCUT2D eigenvalue weighted by molar-refractivity contribution is -0.185. The van der Waals surface area contributed by atoms with E-state index in [1.54, 1.807) is 20.8 Å². The Kier molecular flexibility index (Phi) is 9.36. The Bertz CT molecular complexity index is 761. The molecule has 0 aromatic carbocycles. The van der Waals surface area contributed by atoms with Crippen molar-refractivity contribution in [3.8, 4) is 0 Å². The second-order valence-corrected chi connectivity index (χ2v) is 14.1. The fraction of sp³-hybridized carbons (Fsp3) is 0.968. The molecule has 4 aliphatic heterocycles. The molecule has 2 bridgehead atoms. The highest BCUT2D eigenvalue weighted by molar-refractivity contribution is 5.75. The Morgan fingerprint density at radius 2 is 1.89 bits per heavy atom. The number of ether oxygens (including phenoxy) is 1. The van der Waals surface area contributed by atoms with Crippen LogP contribution in [0.15, 0.2) is 0 Å². The van der Waals surface area contributed by atoms with Gasteiger partial charge < -0.3 is 19.8 Å². The van der Waals surface area contributed by atoms with E-state index in [1.807, 2.05) is 0 Å². The molecule has 6 nitrogen and oxygen atoms in total. The molecular weight excluding hydrogens is 464 g/mol. The maximum Gasteiger partial charge on any atom is 0.220 e. The third kappa shape index (κ3) is 6.23. The van der Waals surface area contributed by atoms with Gasteiger partial charge in [0.2, 0.25) is 5.91 Å². The van der Waals surface area contributed by atoms with E-state index >= 15 is 0 Å². The number of piperidine rings is 2. The summed E-state index contributed by atoms with van der Waals surface area (Å²) in [5, 5.41) is 22.2. The average Bonchev–Trinajstić information content (AvgIpc) is 3.11. The minimum absolute atomic E-state index is 0.0846. The molecule has 0 aromatic rings. The van der Waals surface area contributed by atoms with E-state index in [-0.39, 0.29) is 17.5 Å². The molecular formula is C31H56N2O4. The van der Waals surface area contributed by atoms with Crippen molar-refractivity contribution >= 4 is 5.91 Å². The summed E-state index contributed by atoms with van der Waals surface area (Å²) >= 11 is 0. The van der Waals surface area contributed by atoms with Gasteiger partial charge in [0.05, 0.1) is 17.2 Å². The van der Waals surface area contributed by atoms with Gasteiger partial charge in [-0.3, -0.25) is 9.69 Å². The van der Waals surface area contributed by atoms with E-state index in [4.69, 9.17) is 4.74 Å². The van der Waals surface area contributed by atoms with Crippen LogP contribution in [0.2, 0.25) is 0 Å². The van der Waals surface area contributed by atoms with Gasteiger partial charge in [0, 0.05) is 32.2 Å². The fourth-order valence-corrected chi connectivity index (χ4v) is 8.65. The van der Waals surface area contributed by atoms with Crippen molar-refractivity contribution in [2.45, 2.75) is 154 Å². The van der Waals surface area contributed by atoms with Crippen LogP contribution in [0.4, 0.5) is 0 Å². The number of aliphatic hydroxyl groups is 2. The van der Waals surface area contributed by atoms with E-state index in [0.29, 0.717) is 35.8 Å². The Hall–Kier alpha value is -0.690. The van der Waals surface area contributed by atoms with Crippen LogP contribution in [0.1, 0.15) is 119 Å². The highest BCUT2D eigenvalue weighted by Gasteiger charge is 2.59. The van der Waals surface area contributed by atoms with Gasteiger partial charge in [0.15, 0.2) is 0 Å². The fourth-order valence-electron chi connectivity index (χ4n) is 8.65. The zero-order valence-electron chi connectivity index (χ0n) is 24.6. The first-order valence-corrected chi connectivity index (χ1v) is 15.5. The normalized spacial score (nSPS) is 37.1. The first-order valence-electron chi connectivity index (χ1n) is 15.5. The predicted octanol–water partition coefficient (Wildman–Crippen LogP) is 5.35. The Balaban J connectivity index is 1.53. The smallest absolute Gasteiger partial charge is 0.220 e. The molecule has 1 amide bonds. The molecule has 0 saturated carbocycles. The summed E-state index contributed by atoms with van der Waals surface area (Å²) in [6.07, 6.45) is 13.1. The topological polar surface area (TPSA) is 73.2 Å². The number of hydrogen-bond donors (Lipinski definition) is 2. The molecule has 6 heteroatoms. The predicted molar refractivity (Wildman–Crippen MR) is 148 cm³/mol. The Morgan fingerprint density at radius 1 is 1.14 bits per heavy atom. The van der Waals surface area contributed by atoms with Gasteiger partial charge in [0.25, 0.3) is 0 Å². The number of carbonyl (C=O) groups is 1. The molecule has 214 valence electrons. The molecule has 4 unspecified atom stereocenters. The number of nitrogens with zero attached hydrogens (tertiary/aromatic N) is 2. The van der Waals surface area contributed by atoms with E-state index < -0.39 is 11.8 Å². The molecule has 4 heterocycles. The lowest BCUT2D eigenvalue weighted by Crippen LogP contribution is -2.69. The van der Waals surface area contributed by atoms with Gasteiger partial charge in [0.1, 0.15) is 6.23 Å². The molecule has 0 spiro atoms. The number of fused-ring (bicyclic) bond motifs is 2. The standard InChI is InChI=1S/C31H56N2O4/c1-21(2)25-14-16-32(29(35)30(5,6)36)28(19-25)31-15-13-26(33(31)23(4)34)18-24(20-31)11-9-10-22(3)27-12-7-8-17-37-27/h21-22,24-29,35-36H,7-20H2,1-6H3/t22?,24-,25?,26-,27-,28?,29?,31+/m1/s1. The van der Waals surface area contributed by atoms with Crippen molar-refractivity contribution in [3.05, 3.63) is 0 Å². The van der Waals surface area contributed by atoms with Gasteiger partial charge >= 0.3 is 0 Å². The van der Waals surface area contributed by atoms with Gasteiger partial charge in [-0.1, -0.05) is 33.6 Å². The van der Waals surface area contributed by atoms with Crippen LogP contribution in [0.25, 0.3) is 0 Å². The van der Waals surface area contributed by atoms with E-state index in [0.717, 1.165) is 51.7 Å². The summed E-state index contributed by atoms with van der Waals surface area (Å²) in [4.78, 5) is 17.6. The van der Waals surface area contributed by atoms with Crippen molar-refractivity contribution < 1.29 is 19.7 Å². The first kappa shape index (κ1) is 29.3. The van der Waals surface area contributed by atoms with Crippen LogP contribution in [0.5, 0.6) is 0 Å². The van der Waals surface area contributed by atoms with E-state index in [9.17, 15) is 15.0 Å². The summed E-state index contributed by atoms with van der Waals surface area (Å²) in [6, 6.07) is 0.400. The van der Waals surface area contributed by atoms with Crippen LogP contribution in [-0.2, 0) is 9.53 Å². The molecule has 37 heavy (non-hydrogen) atoms. The molecule has 0 radical (unpaired) electrons. The van der Waals surface area contributed by atoms with Crippen LogP contribution in [0, 0.1) is 23.7 Å². The van der Waals surface area contributed by atoms with E-state index in [1.165, 1.54) is 38.5 Å². The molecule has 0 aromatic heterocycles. The van der Waals surface area contributed by atoms with Gasteiger partial charge in [-0.05, 0) is 102 Å². The minimum Gasteiger partial charge on any atom is -0.386 e. The number of amides is 1. The number of aliphatic hydroxyl groups excluding tert-OH is 1. The Morgan fingerprint density at radius 3 is 2.51 bits per heavy atom. The lowest BCUT2D eigenvalue weighted by atomic mass is 9.68. The second kappa shape index (κ2) is 11.8. The Labute approximate surface area is 226 Å². The van der Waals surface area contributed by atoms with Crippen molar-refractivity contribution in [2.24, 2.45) is 23.7 Å². The van der Waals surface area contributed by atoms with Crippen molar-refractivity contribution in [2.75, 3.05) is 13.2 Å². The van der Waals surface area contributed by atoms with Crippen LogP contribution in [0.3, 0.4) is 0 Å². The summed E-state index contributed by atoms with van der Waals surface area (Å²) < 4.78 is 6.06. The number of carbonyl (C=O) groups excluding carboxylic acids is 1. The highest BCUT2D eigenvalue weighted by atomic mass is 16.5. The molecule has 4 saturated heterocycles. The molecule has 4 fully saturated rings. The SMILES string of the molecule is CC(=O)N1[C@@H]2CC[C@@]1(C1CC(C(C)C)CCN1C(O)C(C)(C)O)C[C@H](CCCC(C)[C@H]1CCCCO1)C2. The largest absolute Gasteiger partial charge is 0.386 e. The molecule has 8 atom stereocenters. The number of hydrogen-bond acceptors (Lipinski definition) is 5. The maximum atomic E-state index is 13.2. The summed E-state index contributed by atoms with van der Waals surface area (Å²) in [5.41, 5.74) is -1.44. The van der Waals surface area contributed by atoms with Crippen molar-refractivity contribution in [1.82, 2.24) is 9.80 Å². The third-order valence-electron chi connectivity index (χ3n) is 10.7. The number of rotatable bonds is 9. The molecule has 2 N–H and O–H groups in total. The molecule has 4 rings (SSSR count). The van der Waals surface area contributed by atoms with Gasteiger partial charge in [-0.15, -0.1) is 0 Å². The molecule has 0 aliphatic carbocycles. The van der Waals surface area contributed by atoms with Crippen molar-refractivity contribution in [1.29, 1.82) is 0 Å². The first-order chi connectivity index (χ1) is 17.4. The number of likely N-dealkylation sites (tertiary alicyclic amines) is 1. The third-order valence-corrected chi connectivity index (χ3v) is 10.7. The quantitative estimate of drug-likeness (QED) is 0.429. The highest BCUT2D eigenvalue weighted by Crippen LogP contribution is 2.53. The monoisotopic (exact) mass is 520 g/mol. The van der Waals surface area contributed by atoms with Gasteiger partial charge in [-0.2, -0.15) is 0 Å². The zero-order chi connectivity index (χ0) is 27.0. The minimum atomic E-state index is -1.20. The van der Waals surface area contributed by atoms with Crippen LogP contribution >= 0.6 is 0 Å².